The maximum absolute atomic E-state index is 5.80. The van der Waals surface area contributed by atoms with E-state index in [4.69, 9.17) is 85.2 Å². The van der Waals surface area contributed by atoms with Crippen LogP contribution < -0.4 is 18.9 Å². The van der Waals surface area contributed by atoms with Gasteiger partial charge in [-0.3, -0.25) is 0 Å². The molecule has 0 aliphatic carbocycles. The summed E-state index contributed by atoms with van der Waals surface area (Å²) in [6, 6.07) is 33.4. The molecule has 0 amide bonds. The molecule has 0 aliphatic heterocycles. The second kappa shape index (κ2) is 52.5. The number of unbranched alkanes of at least 4 members (excludes halogenated alkanes) is 24. The smallest absolute Gasteiger partial charge is 0.691 e. The number of rotatable bonds is 52. The van der Waals surface area contributed by atoms with Gasteiger partial charge in [0.15, 0.2) is 0 Å². The first-order valence-corrected chi connectivity index (χ1v) is 39.4. The zero-order chi connectivity index (χ0) is 58.9. The second-order valence-electron chi connectivity index (χ2n) is 21.7. The molecule has 0 radical (unpaired) electrons. The van der Waals surface area contributed by atoms with E-state index in [9.17, 15) is 0 Å². The Hall–Kier alpha value is -1.46. The predicted molar refractivity (Wildman–Crippen MR) is 362 cm³/mol. The molecule has 4 aromatic carbocycles. The Morgan fingerprint density at radius 3 is 0.614 bits per heavy atom. The summed E-state index contributed by atoms with van der Waals surface area (Å²) < 4.78 is 45.8. The summed E-state index contributed by atoms with van der Waals surface area (Å²) in [6.45, 7) is 11.8. The molecule has 0 atom stereocenters. The molecule has 83 heavy (non-hydrogen) atoms. The first-order chi connectivity index (χ1) is 40.0. The monoisotopic (exact) mass is 1310 g/mol. The van der Waals surface area contributed by atoms with Gasteiger partial charge in [0.2, 0.25) is 0 Å². The Morgan fingerprint density at radius 2 is 0.434 bits per heavy atom. The van der Waals surface area contributed by atoms with Crippen LogP contribution in [0.5, 0.6) is 23.0 Å². The minimum atomic E-state index is -2.74. The third-order valence-corrected chi connectivity index (χ3v) is 18.9. The van der Waals surface area contributed by atoms with Gasteiger partial charge in [0.05, 0.1) is 37.8 Å². The number of benzene rings is 4. The van der Waals surface area contributed by atoms with Crippen LogP contribution in [0, 0.1) is 0 Å². The van der Waals surface area contributed by atoms with Crippen molar-refractivity contribution in [2.75, 3.05) is 52.9 Å². The second-order valence-corrected chi connectivity index (χ2v) is 31.7. The van der Waals surface area contributed by atoms with Crippen molar-refractivity contribution in [1.82, 2.24) is 0 Å². The van der Waals surface area contributed by atoms with Crippen molar-refractivity contribution >= 4 is 59.5 Å². The van der Waals surface area contributed by atoms with Crippen LogP contribution in [0.1, 0.15) is 230 Å². The molecular weight excluding hydrogens is 1200 g/mol. The zero-order valence-corrected chi connectivity index (χ0v) is 60.0. The molecule has 0 spiro atoms. The first kappa shape index (κ1) is 77.6. The molecule has 0 saturated carbocycles. The van der Waals surface area contributed by atoms with E-state index >= 15 is 0 Å². The van der Waals surface area contributed by atoms with Crippen molar-refractivity contribution in [3.8, 4) is 23.0 Å². The van der Waals surface area contributed by atoms with Crippen molar-refractivity contribution in [1.29, 1.82) is 0 Å². The topological polar surface area (TPSA) is 73.8 Å². The third kappa shape index (κ3) is 43.8. The molecule has 464 valence electrons. The number of aryl methyl sites for hydroxylation is 4. The van der Waals surface area contributed by atoms with Crippen molar-refractivity contribution in [3.05, 3.63) is 119 Å². The van der Waals surface area contributed by atoms with Gasteiger partial charge in [-0.1, -0.05) is 254 Å². The summed E-state index contributed by atoms with van der Waals surface area (Å²) in [5, 5.41) is 0. The van der Waals surface area contributed by atoms with Crippen LogP contribution in [0.25, 0.3) is 0 Å². The molecule has 0 aliphatic rings. The molecule has 0 fully saturated rings. The fourth-order valence-electron chi connectivity index (χ4n) is 9.46. The van der Waals surface area contributed by atoms with E-state index in [1.54, 1.807) is 0 Å². The van der Waals surface area contributed by atoms with E-state index in [1.165, 1.54) is 202 Å². The minimum absolute atomic E-state index is 0. The fourth-order valence-corrected chi connectivity index (χ4v) is 12.6. The normalized spacial score (nSPS) is 11.4. The van der Waals surface area contributed by atoms with Gasteiger partial charge in [-0.2, -0.15) is 0 Å². The van der Waals surface area contributed by atoms with Gasteiger partial charge < -0.3 is 61.5 Å². The summed E-state index contributed by atoms with van der Waals surface area (Å²) >= 11 is 21.5. The first-order valence-electron chi connectivity index (χ1n) is 32.1. The van der Waals surface area contributed by atoms with Gasteiger partial charge >= 0.3 is 19.5 Å². The molecule has 4 aromatic rings. The summed E-state index contributed by atoms with van der Waals surface area (Å²) in [7, 11) is 0. The Morgan fingerprint density at radius 1 is 0.265 bits per heavy atom. The van der Waals surface area contributed by atoms with Crippen LogP contribution in [-0.2, 0) is 111 Å². The van der Waals surface area contributed by atoms with E-state index in [0.717, 1.165) is 48.7 Å². The van der Waals surface area contributed by atoms with Crippen molar-refractivity contribution in [2.24, 2.45) is 0 Å². The van der Waals surface area contributed by atoms with Crippen molar-refractivity contribution < 1.29 is 56.5 Å². The van der Waals surface area contributed by atoms with Gasteiger partial charge in [-0.15, -0.1) is 0 Å². The largest absolute Gasteiger partial charge is 2.00 e. The molecule has 0 bridgehead atoms. The van der Waals surface area contributed by atoms with Crippen LogP contribution in [0.4, 0.5) is 0 Å². The molecule has 0 saturated heterocycles. The Bertz CT molecular complexity index is 1890. The van der Waals surface area contributed by atoms with Gasteiger partial charge in [0.25, 0.3) is 0 Å². The van der Waals surface area contributed by atoms with Crippen LogP contribution in [0.3, 0.4) is 0 Å². The van der Waals surface area contributed by atoms with E-state index in [-0.39, 0.29) is 19.5 Å². The molecule has 0 heterocycles. The maximum Gasteiger partial charge on any atom is 2.00 e. The molecule has 0 aromatic heterocycles. The SMILES string of the molecule is CCCCCCCCCc1ccc(OCCOP(=S)([S-])OCCOc2ccc(CCCCCCCCC)cc2)cc1.CCCCCCCCCc1ccc(OCCOP(=S)([S-])OCCOc2ccc(CCCCCCCCC)cc2)cc1.[Zn+2]. The summed E-state index contributed by atoms with van der Waals surface area (Å²) in [4.78, 5) is 0. The van der Waals surface area contributed by atoms with Crippen molar-refractivity contribution in [2.45, 2.75) is 233 Å². The number of hydrogen-bond donors (Lipinski definition) is 0. The van der Waals surface area contributed by atoms with Crippen LogP contribution in [-0.4, -0.2) is 52.9 Å². The van der Waals surface area contributed by atoms with Crippen LogP contribution >= 0.6 is 11.4 Å². The summed E-state index contributed by atoms with van der Waals surface area (Å²) in [5.41, 5.74) is -0.0505. The standard InChI is InChI=1S/2C34H55O4PS2.Zn/c2*1-3-5-7-9-11-13-15-17-31-19-23-33(24-20-31)35-27-29-37-39(40,41)38-30-28-36-34-25-21-32(22-26-34)18-16-14-12-10-8-6-4-2;/h2*19-26H,3-18,27-30H2,1-2H3,(H,40,41);/q;;+2/p-2. The summed E-state index contributed by atoms with van der Waals surface area (Å²) in [5.74, 6) is 3.32. The van der Waals surface area contributed by atoms with Gasteiger partial charge in [-0.05, 0) is 122 Å². The molecular formula is C68H108O8P2S4Zn. The molecule has 0 unspecified atom stereocenters. The Kier molecular flexibility index (Phi) is 49.1. The number of hydrogen-bond acceptors (Lipinski definition) is 12. The van der Waals surface area contributed by atoms with E-state index in [0.29, 0.717) is 52.9 Å². The van der Waals surface area contributed by atoms with E-state index < -0.39 is 11.4 Å². The number of ether oxygens (including phenoxy) is 4. The van der Waals surface area contributed by atoms with Crippen molar-refractivity contribution in [3.63, 3.8) is 0 Å². The minimum Gasteiger partial charge on any atom is -0.691 e. The Balaban J connectivity index is 0.000000560. The Labute approximate surface area is 540 Å². The third-order valence-electron chi connectivity index (χ3n) is 14.4. The molecule has 8 nitrogen and oxygen atoms in total. The molecule has 4 rings (SSSR count). The zero-order valence-electron chi connectivity index (χ0n) is 52.0. The fraction of sp³-hybridized carbons (Fsp3) is 0.647. The van der Waals surface area contributed by atoms with Crippen LogP contribution in [0.2, 0.25) is 0 Å². The average Bonchev–Trinajstić information content (AvgIpc) is 3.51. The van der Waals surface area contributed by atoms with Gasteiger partial charge in [-0.25, -0.2) is 0 Å². The van der Waals surface area contributed by atoms with E-state index in [1.807, 2.05) is 48.5 Å². The maximum atomic E-state index is 5.80. The van der Waals surface area contributed by atoms with E-state index in [2.05, 4.69) is 76.2 Å². The molecule has 0 N–H and O–H groups in total. The summed E-state index contributed by atoms with van der Waals surface area (Å²) in [6.07, 6.45) is 41.8. The van der Waals surface area contributed by atoms with Gasteiger partial charge in [0.1, 0.15) is 49.4 Å². The molecule has 15 heteroatoms. The predicted octanol–water partition coefficient (Wildman–Crippen LogP) is 21.1. The quantitative estimate of drug-likeness (QED) is 0.0183. The van der Waals surface area contributed by atoms with Gasteiger partial charge in [0, 0.05) is 0 Å². The average molecular weight is 1310 g/mol. The van der Waals surface area contributed by atoms with Crippen LogP contribution in [0.15, 0.2) is 97.1 Å².